The van der Waals surface area contributed by atoms with Gasteiger partial charge in [0, 0.05) is 39.3 Å². The lowest BCUT2D eigenvalue weighted by Gasteiger charge is -2.44. The molecule has 0 saturated carbocycles. The van der Waals surface area contributed by atoms with E-state index in [1.165, 1.54) is 6.07 Å². The van der Waals surface area contributed by atoms with Gasteiger partial charge in [0.05, 0.1) is 6.61 Å². The van der Waals surface area contributed by atoms with E-state index < -0.39 is 73.6 Å². The van der Waals surface area contributed by atoms with Crippen LogP contribution >= 0.6 is 0 Å². The van der Waals surface area contributed by atoms with Gasteiger partial charge in [-0.05, 0) is 6.07 Å². The Bertz CT molecular complexity index is 887. The van der Waals surface area contributed by atoms with Gasteiger partial charge >= 0.3 is 23.9 Å². The summed E-state index contributed by atoms with van der Waals surface area (Å²) in [5.41, 5.74) is 0.184. The third-order valence-corrected chi connectivity index (χ3v) is 4.39. The number of halogens is 1. The molecule has 1 aliphatic rings. The molecule has 1 aromatic carbocycles. The molecule has 2 rings (SSSR count). The lowest BCUT2D eigenvalue weighted by atomic mass is 9.98. The zero-order valence-electron chi connectivity index (χ0n) is 18.4. The van der Waals surface area contributed by atoms with Gasteiger partial charge in [0.25, 0.3) is 0 Å². The Morgan fingerprint density at radius 2 is 1.48 bits per heavy atom. The predicted octanol–water partition coefficient (Wildman–Crippen LogP) is 0.780. The second kappa shape index (κ2) is 11.6. The van der Waals surface area contributed by atoms with Gasteiger partial charge in [0.2, 0.25) is 12.4 Å². The number of hydrogen-bond donors (Lipinski definition) is 1. The lowest BCUT2D eigenvalue weighted by molar-refractivity contribution is -0.288. The predicted molar refractivity (Wildman–Crippen MR) is 105 cm³/mol. The standard InChI is InChI=1S/C21H25FO11/c1-10(24)28-9-17-18(29-11(2)25)19(30-12(3)26)20(31-13(4)27)21(33-17)32-16-7-15(22)6-5-14(16)8-23/h5-7,17-21,23H,8-9H2,1-4H3/t17-,18+,19+,20-,21-/m1/s1. The zero-order chi connectivity index (χ0) is 24.7. The van der Waals surface area contributed by atoms with E-state index in [4.69, 9.17) is 28.4 Å². The first-order valence-corrected chi connectivity index (χ1v) is 9.88. The molecule has 1 saturated heterocycles. The number of benzene rings is 1. The Kier molecular flexibility index (Phi) is 9.12. The summed E-state index contributed by atoms with van der Waals surface area (Å²) in [5.74, 6) is -3.89. The molecular weight excluding hydrogens is 447 g/mol. The van der Waals surface area contributed by atoms with Gasteiger partial charge < -0.3 is 33.5 Å². The first kappa shape index (κ1) is 26.0. The topological polar surface area (TPSA) is 144 Å². The first-order chi connectivity index (χ1) is 15.5. The molecule has 0 unspecified atom stereocenters. The van der Waals surface area contributed by atoms with Crippen LogP contribution in [-0.4, -0.2) is 66.3 Å². The highest BCUT2D eigenvalue weighted by Crippen LogP contribution is 2.32. The van der Waals surface area contributed by atoms with Crippen molar-refractivity contribution in [3.63, 3.8) is 0 Å². The average molecular weight is 472 g/mol. The molecule has 12 heteroatoms. The zero-order valence-corrected chi connectivity index (χ0v) is 18.4. The molecule has 11 nitrogen and oxygen atoms in total. The monoisotopic (exact) mass is 472 g/mol. The molecule has 0 bridgehead atoms. The number of aliphatic hydroxyl groups excluding tert-OH is 1. The van der Waals surface area contributed by atoms with E-state index >= 15 is 0 Å². The van der Waals surface area contributed by atoms with Crippen molar-refractivity contribution in [2.24, 2.45) is 0 Å². The Morgan fingerprint density at radius 1 is 0.909 bits per heavy atom. The molecule has 0 amide bonds. The Labute approximate surface area is 188 Å². The van der Waals surface area contributed by atoms with E-state index in [9.17, 15) is 28.7 Å². The Hall–Kier alpha value is -3.25. The van der Waals surface area contributed by atoms with Gasteiger partial charge in [-0.2, -0.15) is 0 Å². The second-order valence-electron chi connectivity index (χ2n) is 7.10. The van der Waals surface area contributed by atoms with Crippen LogP contribution in [0.4, 0.5) is 4.39 Å². The van der Waals surface area contributed by atoms with Crippen LogP contribution in [0.5, 0.6) is 5.75 Å². The third-order valence-electron chi connectivity index (χ3n) is 4.39. The molecule has 1 heterocycles. The average Bonchev–Trinajstić information content (AvgIpc) is 2.70. The Morgan fingerprint density at radius 3 is 2.03 bits per heavy atom. The van der Waals surface area contributed by atoms with E-state index in [-0.39, 0.29) is 11.3 Å². The van der Waals surface area contributed by atoms with E-state index in [1.807, 2.05) is 0 Å². The number of rotatable bonds is 8. The summed E-state index contributed by atoms with van der Waals surface area (Å²) >= 11 is 0. The molecule has 1 aromatic rings. The molecular formula is C21H25FO11. The smallest absolute Gasteiger partial charge is 0.303 e. The molecule has 1 aliphatic heterocycles. The molecule has 0 aliphatic carbocycles. The minimum atomic E-state index is -1.53. The van der Waals surface area contributed by atoms with Gasteiger partial charge in [0.1, 0.15) is 24.3 Å². The van der Waals surface area contributed by atoms with Crippen LogP contribution in [-0.2, 0) is 49.5 Å². The number of hydrogen-bond acceptors (Lipinski definition) is 11. The van der Waals surface area contributed by atoms with Gasteiger partial charge in [0.15, 0.2) is 12.2 Å². The van der Waals surface area contributed by atoms with E-state index in [1.54, 1.807) is 0 Å². The van der Waals surface area contributed by atoms with E-state index in [0.717, 1.165) is 39.8 Å². The maximum Gasteiger partial charge on any atom is 0.303 e. The third kappa shape index (κ3) is 7.39. The highest BCUT2D eigenvalue weighted by Gasteiger charge is 2.53. The Balaban J connectivity index is 2.51. The normalized spacial score (nSPS) is 24.4. The van der Waals surface area contributed by atoms with Crippen LogP contribution in [0.1, 0.15) is 33.3 Å². The van der Waals surface area contributed by atoms with Crippen LogP contribution in [0.25, 0.3) is 0 Å². The highest BCUT2D eigenvalue weighted by atomic mass is 19.1. The van der Waals surface area contributed by atoms with Gasteiger partial charge in [-0.3, -0.25) is 19.2 Å². The van der Waals surface area contributed by atoms with Crippen molar-refractivity contribution in [2.45, 2.75) is 65.0 Å². The fourth-order valence-electron chi connectivity index (χ4n) is 3.18. The maximum absolute atomic E-state index is 13.8. The summed E-state index contributed by atoms with van der Waals surface area (Å²) in [6.07, 6.45) is -7.00. The molecule has 33 heavy (non-hydrogen) atoms. The molecule has 1 N–H and O–H groups in total. The SMILES string of the molecule is CC(=O)OC[C@H]1O[C@@H](Oc2cc(F)ccc2CO)[C@H](OC(C)=O)[C@@H](OC(C)=O)[C@H]1OC(C)=O. The number of carbonyl (C=O) groups is 4. The fourth-order valence-corrected chi connectivity index (χ4v) is 3.18. The second-order valence-corrected chi connectivity index (χ2v) is 7.10. The van der Waals surface area contributed by atoms with Crippen molar-refractivity contribution >= 4 is 23.9 Å². The van der Waals surface area contributed by atoms with E-state index in [2.05, 4.69) is 0 Å². The van der Waals surface area contributed by atoms with Crippen molar-refractivity contribution < 1.29 is 57.1 Å². The van der Waals surface area contributed by atoms with Gasteiger partial charge in [-0.15, -0.1) is 0 Å². The van der Waals surface area contributed by atoms with Crippen LogP contribution < -0.4 is 4.74 Å². The molecule has 0 aromatic heterocycles. The quantitative estimate of drug-likeness (QED) is 0.423. The molecule has 0 spiro atoms. The largest absolute Gasteiger partial charge is 0.463 e. The van der Waals surface area contributed by atoms with Crippen LogP contribution in [0.15, 0.2) is 18.2 Å². The lowest BCUT2D eigenvalue weighted by Crippen LogP contribution is -2.63. The minimum Gasteiger partial charge on any atom is -0.463 e. The summed E-state index contributed by atoms with van der Waals surface area (Å²) in [7, 11) is 0. The van der Waals surface area contributed by atoms with Crippen molar-refractivity contribution in [2.75, 3.05) is 6.61 Å². The molecule has 0 radical (unpaired) electrons. The van der Waals surface area contributed by atoms with Crippen molar-refractivity contribution in [1.29, 1.82) is 0 Å². The van der Waals surface area contributed by atoms with Crippen LogP contribution in [0.2, 0.25) is 0 Å². The van der Waals surface area contributed by atoms with Crippen molar-refractivity contribution in [3.05, 3.63) is 29.6 Å². The number of aliphatic hydroxyl groups is 1. The van der Waals surface area contributed by atoms with Gasteiger partial charge in [-0.1, -0.05) is 6.07 Å². The number of carbonyl (C=O) groups excluding carboxylic acids is 4. The van der Waals surface area contributed by atoms with Crippen LogP contribution in [0, 0.1) is 5.82 Å². The summed E-state index contributed by atoms with van der Waals surface area (Å²) in [4.78, 5) is 46.6. The van der Waals surface area contributed by atoms with E-state index in [0.29, 0.717) is 0 Å². The molecule has 5 atom stereocenters. The summed E-state index contributed by atoms with van der Waals surface area (Å²) < 4.78 is 46.0. The first-order valence-electron chi connectivity index (χ1n) is 9.88. The number of esters is 4. The van der Waals surface area contributed by atoms with Gasteiger partial charge in [-0.25, -0.2) is 4.39 Å². The van der Waals surface area contributed by atoms with Crippen molar-refractivity contribution in [1.82, 2.24) is 0 Å². The maximum atomic E-state index is 13.8. The molecule has 182 valence electrons. The number of ether oxygens (including phenoxy) is 6. The summed E-state index contributed by atoms with van der Waals surface area (Å²) in [6, 6.07) is 3.35. The molecule has 1 fully saturated rings. The minimum absolute atomic E-state index is 0.140. The highest BCUT2D eigenvalue weighted by molar-refractivity contribution is 5.68. The van der Waals surface area contributed by atoms with Crippen molar-refractivity contribution in [3.8, 4) is 5.75 Å². The van der Waals surface area contributed by atoms with Crippen LogP contribution in [0.3, 0.4) is 0 Å². The summed E-state index contributed by atoms with van der Waals surface area (Å²) in [6.45, 7) is 3.45. The fraction of sp³-hybridized carbons (Fsp3) is 0.524. The summed E-state index contributed by atoms with van der Waals surface area (Å²) in [5, 5.41) is 9.55.